The second-order valence-electron chi connectivity index (χ2n) is 5.16. The van der Waals surface area contributed by atoms with E-state index in [1.807, 2.05) is 6.92 Å². The average Bonchev–Trinajstić information content (AvgIpc) is 3.06. The number of methoxy groups -OCH3 is 1. The Kier molecular flexibility index (Phi) is 9.76. The number of anilines is 1. The van der Waals surface area contributed by atoms with Gasteiger partial charge in [0.1, 0.15) is 5.69 Å². The maximum absolute atomic E-state index is 11.6. The number of aliphatic imine (C=N–C) groups is 2. The molecule has 13 heteroatoms. The van der Waals surface area contributed by atoms with Gasteiger partial charge in [-0.15, -0.1) is 0 Å². The largest absolute Gasteiger partial charge is 0.453 e. The normalized spacial score (nSPS) is 11.4. The van der Waals surface area contributed by atoms with Crippen molar-refractivity contribution in [1.82, 2.24) is 16.0 Å². The van der Waals surface area contributed by atoms with Crippen LogP contribution in [0.5, 0.6) is 0 Å². The van der Waals surface area contributed by atoms with Crippen molar-refractivity contribution in [3.63, 3.8) is 0 Å². The first-order valence-corrected chi connectivity index (χ1v) is 9.11. The van der Waals surface area contributed by atoms with Gasteiger partial charge in [-0.05, 0) is 12.0 Å². The zero-order chi connectivity index (χ0) is 20.9. The minimum atomic E-state index is -0.768. The Morgan fingerprint density at radius 2 is 2.21 bits per heavy atom. The zero-order valence-electron chi connectivity index (χ0n) is 15.7. The van der Waals surface area contributed by atoms with Gasteiger partial charge in [0.15, 0.2) is 6.19 Å². The van der Waals surface area contributed by atoms with Crippen molar-refractivity contribution in [3.8, 4) is 6.19 Å². The number of nitrogens with zero attached hydrogens (tertiary/aromatic N) is 4. The fourth-order valence-corrected chi connectivity index (χ4v) is 2.93. The summed E-state index contributed by atoms with van der Waals surface area (Å²) < 4.78 is 4.57. The fraction of sp³-hybridized carbons (Fsp3) is 0.467. The molecule has 0 aromatic carbocycles. The molecule has 1 heterocycles. The molecule has 0 unspecified atom stereocenters. The summed E-state index contributed by atoms with van der Waals surface area (Å²) in [4.78, 5) is 30.4. The quantitative estimate of drug-likeness (QED) is 0.0995. The summed E-state index contributed by atoms with van der Waals surface area (Å²) in [5, 5.41) is 32.0. The Morgan fingerprint density at radius 1 is 1.46 bits per heavy atom. The SMILES string of the molecule is CCCc1csc([N+](=O)[O-])c1NC(=NCCNC(=NC)NC#N)NC(=O)OC. The standard InChI is InChI=1S/C15H22N8O4S/c1-4-5-10-8-28-12(23(25)26)11(10)21-14(22-15(24)27-3)19-7-6-18-13(17-2)20-9-16/h8H,4-7H2,1-3H3,(H2,17,18,20)(H2,19,21,22,24). The number of carbonyl (C=O) groups excluding carboxylic acids is 1. The molecule has 0 spiro atoms. The van der Waals surface area contributed by atoms with Crippen molar-refractivity contribution in [2.45, 2.75) is 19.8 Å². The Labute approximate surface area is 165 Å². The third kappa shape index (κ3) is 7.08. The molecule has 1 aromatic rings. The molecular formula is C15H22N8O4S. The summed E-state index contributed by atoms with van der Waals surface area (Å²) in [5.74, 6) is 0.280. The third-order valence-corrected chi connectivity index (χ3v) is 4.23. The fourth-order valence-electron chi connectivity index (χ4n) is 2.05. The lowest BCUT2D eigenvalue weighted by Crippen LogP contribution is -2.38. The second kappa shape index (κ2) is 12.1. The van der Waals surface area contributed by atoms with E-state index in [2.05, 4.69) is 36.0 Å². The predicted molar refractivity (Wildman–Crippen MR) is 107 cm³/mol. The van der Waals surface area contributed by atoms with E-state index in [0.717, 1.165) is 23.3 Å². The van der Waals surface area contributed by atoms with Crippen LogP contribution in [0.25, 0.3) is 0 Å². The Morgan fingerprint density at radius 3 is 2.79 bits per heavy atom. The summed E-state index contributed by atoms with van der Waals surface area (Å²) in [6.45, 7) is 2.44. The van der Waals surface area contributed by atoms with E-state index >= 15 is 0 Å². The molecule has 0 radical (unpaired) electrons. The summed E-state index contributed by atoms with van der Waals surface area (Å²) in [7, 11) is 2.70. The number of rotatable bonds is 7. The van der Waals surface area contributed by atoms with Gasteiger partial charge in [0, 0.05) is 19.0 Å². The van der Waals surface area contributed by atoms with E-state index in [1.54, 1.807) is 11.6 Å². The summed E-state index contributed by atoms with van der Waals surface area (Å²) >= 11 is 1.00. The van der Waals surface area contributed by atoms with Crippen LogP contribution in [-0.4, -0.2) is 50.2 Å². The van der Waals surface area contributed by atoms with Crippen molar-refractivity contribution < 1.29 is 14.5 Å². The van der Waals surface area contributed by atoms with Crippen molar-refractivity contribution in [3.05, 3.63) is 21.1 Å². The summed E-state index contributed by atoms with van der Waals surface area (Å²) in [6, 6.07) is 0. The number of nitriles is 1. The Bertz CT molecular complexity index is 783. The number of nitrogens with one attached hydrogen (secondary N) is 4. The highest BCUT2D eigenvalue weighted by Gasteiger charge is 2.22. The van der Waals surface area contributed by atoms with Gasteiger partial charge in [-0.2, -0.15) is 5.26 Å². The van der Waals surface area contributed by atoms with Crippen LogP contribution in [0.3, 0.4) is 0 Å². The molecule has 0 fully saturated rings. The van der Waals surface area contributed by atoms with E-state index in [1.165, 1.54) is 14.2 Å². The molecule has 12 nitrogen and oxygen atoms in total. The lowest BCUT2D eigenvalue weighted by atomic mass is 10.2. The number of alkyl carbamates (subject to hydrolysis) is 1. The molecule has 0 aliphatic heterocycles. The van der Waals surface area contributed by atoms with Gasteiger partial charge in [0.05, 0.1) is 18.6 Å². The maximum Gasteiger partial charge on any atom is 0.413 e. The van der Waals surface area contributed by atoms with Gasteiger partial charge in [0.2, 0.25) is 11.9 Å². The van der Waals surface area contributed by atoms with Gasteiger partial charge in [-0.3, -0.25) is 30.7 Å². The summed E-state index contributed by atoms with van der Waals surface area (Å²) in [5.41, 5.74) is 1.05. The monoisotopic (exact) mass is 410 g/mol. The van der Waals surface area contributed by atoms with Crippen molar-refractivity contribution >= 4 is 40.0 Å². The molecule has 0 aliphatic rings. The van der Waals surface area contributed by atoms with Crippen LogP contribution in [0.2, 0.25) is 0 Å². The van der Waals surface area contributed by atoms with Gasteiger partial charge in [-0.25, -0.2) is 4.79 Å². The minimum absolute atomic E-state index is 0.00994. The Balaban J connectivity index is 2.96. The van der Waals surface area contributed by atoms with Gasteiger partial charge < -0.3 is 15.4 Å². The number of aryl methyl sites for hydroxylation is 1. The van der Waals surface area contributed by atoms with Crippen LogP contribution in [-0.2, 0) is 11.2 Å². The highest BCUT2D eigenvalue weighted by Crippen LogP contribution is 2.36. The Hall–Kier alpha value is -3.40. The highest BCUT2D eigenvalue weighted by atomic mass is 32.1. The first kappa shape index (κ1) is 22.6. The highest BCUT2D eigenvalue weighted by molar-refractivity contribution is 7.14. The minimum Gasteiger partial charge on any atom is -0.453 e. The number of carbonyl (C=O) groups is 1. The molecule has 28 heavy (non-hydrogen) atoms. The maximum atomic E-state index is 11.6. The number of guanidine groups is 2. The second-order valence-corrected chi connectivity index (χ2v) is 6.01. The molecular weight excluding hydrogens is 388 g/mol. The lowest BCUT2D eigenvalue weighted by Gasteiger charge is -2.12. The zero-order valence-corrected chi connectivity index (χ0v) is 16.6. The van der Waals surface area contributed by atoms with Gasteiger partial charge >= 0.3 is 11.1 Å². The smallest absolute Gasteiger partial charge is 0.413 e. The molecule has 0 saturated carbocycles. The van der Waals surface area contributed by atoms with Crippen molar-refractivity contribution in [1.29, 1.82) is 5.26 Å². The van der Waals surface area contributed by atoms with Crippen molar-refractivity contribution in [2.75, 3.05) is 32.6 Å². The topological polar surface area (TPSA) is 166 Å². The molecule has 0 aliphatic carbocycles. The molecule has 0 saturated heterocycles. The van der Waals surface area contributed by atoms with E-state index in [9.17, 15) is 14.9 Å². The van der Waals surface area contributed by atoms with Crippen LogP contribution < -0.4 is 21.3 Å². The number of nitro groups is 1. The molecule has 1 amide bonds. The van der Waals surface area contributed by atoms with E-state index in [-0.39, 0.29) is 23.5 Å². The number of amides is 1. The molecule has 1 aromatic heterocycles. The van der Waals surface area contributed by atoms with E-state index < -0.39 is 11.0 Å². The molecule has 152 valence electrons. The number of hydrogen-bond donors (Lipinski definition) is 4. The lowest BCUT2D eigenvalue weighted by molar-refractivity contribution is -0.379. The van der Waals surface area contributed by atoms with Crippen LogP contribution in [0.15, 0.2) is 15.4 Å². The third-order valence-electron chi connectivity index (χ3n) is 3.25. The predicted octanol–water partition coefficient (Wildman–Crippen LogP) is 1.38. The molecule has 0 atom stereocenters. The van der Waals surface area contributed by atoms with Crippen LogP contribution in [0.1, 0.15) is 18.9 Å². The molecule has 0 bridgehead atoms. The first-order chi connectivity index (χ1) is 13.5. The van der Waals surface area contributed by atoms with E-state index in [4.69, 9.17) is 5.26 Å². The molecule has 4 N–H and O–H groups in total. The van der Waals surface area contributed by atoms with Crippen LogP contribution in [0.4, 0.5) is 15.5 Å². The molecule has 1 rings (SSSR count). The van der Waals surface area contributed by atoms with Crippen LogP contribution in [0, 0.1) is 21.6 Å². The first-order valence-electron chi connectivity index (χ1n) is 8.23. The van der Waals surface area contributed by atoms with Gasteiger partial charge in [-0.1, -0.05) is 24.7 Å². The van der Waals surface area contributed by atoms with E-state index in [0.29, 0.717) is 18.7 Å². The summed E-state index contributed by atoms with van der Waals surface area (Å²) in [6.07, 6.45) is 2.41. The van der Waals surface area contributed by atoms with Crippen molar-refractivity contribution in [2.24, 2.45) is 9.98 Å². The number of thiophene rings is 1. The average molecular weight is 410 g/mol. The number of hydrogen-bond acceptors (Lipinski definition) is 8. The number of ether oxygens (including phenoxy) is 1. The van der Waals surface area contributed by atoms with Gasteiger partial charge in [0.25, 0.3) is 0 Å². The van der Waals surface area contributed by atoms with Crippen LogP contribution >= 0.6 is 11.3 Å².